The average Bonchev–Trinajstić information content (AvgIpc) is 3.14. The molecule has 0 bridgehead atoms. The molecular formula is C26H31N3O3. The van der Waals surface area contributed by atoms with Crippen LogP contribution >= 0.6 is 0 Å². The molecule has 32 heavy (non-hydrogen) atoms. The van der Waals surface area contributed by atoms with Crippen LogP contribution in [0.4, 0.5) is 5.69 Å². The van der Waals surface area contributed by atoms with E-state index in [1.807, 2.05) is 51.1 Å². The van der Waals surface area contributed by atoms with E-state index in [0.29, 0.717) is 24.5 Å². The second-order valence-electron chi connectivity index (χ2n) is 8.17. The van der Waals surface area contributed by atoms with E-state index in [-0.39, 0.29) is 17.7 Å². The smallest absolute Gasteiger partial charge is 0.277 e. The molecule has 4 rings (SSSR count). The number of nitrogens with zero attached hydrogens (tertiary/aromatic N) is 2. The molecule has 6 heteroatoms. The molecule has 1 N–H and O–H groups in total. The molecule has 3 aromatic rings. The van der Waals surface area contributed by atoms with Gasteiger partial charge in [-0.1, -0.05) is 31.2 Å². The molecule has 1 aliphatic carbocycles. The molecule has 0 saturated heterocycles. The standard InChI is InChI=1S/C26H31N3O3/c1-6-21-24(28-23-20-11-9-8-10-17(20)15-22(23)32-7-2)26(30)29(4)25(27-21)19-13-12-18(31-5)14-16(19)3/h8-14,22-23,28H,6-7,15H2,1-5H3/t22-,23?/m0/s1. The van der Waals surface area contributed by atoms with Crippen molar-refractivity contribution in [2.45, 2.75) is 45.8 Å². The van der Waals surface area contributed by atoms with Gasteiger partial charge in [-0.05, 0) is 55.2 Å². The number of aromatic nitrogens is 2. The first-order valence-corrected chi connectivity index (χ1v) is 11.2. The van der Waals surface area contributed by atoms with Crippen LogP contribution in [0.15, 0.2) is 47.3 Å². The third-order valence-corrected chi connectivity index (χ3v) is 6.24. The van der Waals surface area contributed by atoms with Crippen molar-refractivity contribution < 1.29 is 9.47 Å². The van der Waals surface area contributed by atoms with Gasteiger partial charge in [0.05, 0.1) is 24.9 Å². The lowest BCUT2D eigenvalue weighted by Crippen LogP contribution is -2.31. The molecule has 0 aliphatic heterocycles. The Labute approximate surface area is 189 Å². The Morgan fingerprint density at radius 1 is 1.19 bits per heavy atom. The molecule has 1 heterocycles. The highest BCUT2D eigenvalue weighted by Crippen LogP contribution is 2.36. The summed E-state index contributed by atoms with van der Waals surface area (Å²) in [5.41, 5.74) is 5.61. The highest BCUT2D eigenvalue weighted by molar-refractivity contribution is 5.64. The second kappa shape index (κ2) is 9.17. The minimum Gasteiger partial charge on any atom is -0.497 e. The predicted molar refractivity (Wildman–Crippen MR) is 128 cm³/mol. The molecule has 1 aliphatic rings. The highest BCUT2D eigenvalue weighted by Gasteiger charge is 2.34. The summed E-state index contributed by atoms with van der Waals surface area (Å²) in [7, 11) is 3.43. The molecule has 1 aromatic heterocycles. The molecular weight excluding hydrogens is 402 g/mol. The minimum atomic E-state index is -0.0838. The van der Waals surface area contributed by atoms with Crippen molar-refractivity contribution in [2.75, 3.05) is 19.0 Å². The van der Waals surface area contributed by atoms with Gasteiger partial charge in [-0.3, -0.25) is 9.36 Å². The quantitative estimate of drug-likeness (QED) is 0.597. The van der Waals surface area contributed by atoms with Crippen LogP contribution in [0.25, 0.3) is 11.4 Å². The number of fused-ring (bicyclic) bond motifs is 1. The molecule has 0 saturated carbocycles. The van der Waals surface area contributed by atoms with Gasteiger partial charge in [-0.15, -0.1) is 0 Å². The third-order valence-electron chi connectivity index (χ3n) is 6.24. The van der Waals surface area contributed by atoms with Crippen molar-refractivity contribution in [3.63, 3.8) is 0 Å². The largest absolute Gasteiger partial charge is 0.497 e. The summed E-state index contributed by atoms with van der Waals surface area (Å²) in [6.45, 7) is 6.66. The first-order valence-electron chi connectivity index (χ1n) is 11.2. The zero-order valence-electron chi connectivity index (χ0n) is 19.4. The maximum Gasteiger partial charge on any atom is 0.277 e. The summed E-state index contributed by atoms with van der Waals surface area (Å²) in [4.78, 5) is 18.5. The van der Waals surface area contributed by atoms with Gasteiger partial charge in [-0.25, -0.2) is 4.98 Å². The van der Waals surface area contributed by atoms with E-state index in [1.54, 1.807) is 18.7 Å². The van der Waals surface area contributed by atoms with E-state index in [0.717, 1.165) is 29.0 Å². The molecule has 6 nitrogen and oxygen atoms in total. The van der Waals surface area contributed by atoms with Crippen molar-refractivity contribution in [3.05, 3.63) is 75.2 Å². The number of nitrogens with one attached hydrogen (secondary N) is 1. The fourth-order valence-corrected chi connectivity index (χ4v) is 4.56. The topological polar surface area (TPSA) is 65.4 Å². The van der Waals surface area contributed by atoms with E-state index in [9.17, 15) is 4.79 Å². The number of ether oxygens (including phenoxy) is 2. The van der Waals surface area contributed by atoms with Crippen molar-refractivity contribution in [1.82, 2.24) is 9.55 Å². The summed E-state index contributed by atoms with van der Waals surface area (Å²) in [6, 6.07) is 14.1. The van der Waals surface area contributed by atoms with Crippen LogP contribution in [0, 0.1) is 6.92 Å². The summed E-state index contributed by atoms with van der Waals surface area (Å²) < 4.78 is 13.0. The minimum absolute atomic E-state index is 0.0182. The van der Waals surface area contributed by atoms with Gasteiger partial charge in [0.25, 0.3) is 5.56 Å². The van der Waals surface area contributed by atoms with Gasteiger partial charge in [0.1, 0.15) is 17.3 Å². The van der Waals surface area contributed by atoms with E-state index in [4.69, 9.17) is 14.5 Å². The monoisotopic (exact) mass is 433 g/mol. The summed E-state index contributed by atoms with van der Waals surface area (Å²) in [5, 5.41) is 3.53. The lowest BCUT2D eigenvalue weighted by Gasteiger charge is -2.24. The van der Waals surface area contributed by atoms with E-state index >= 15 is 0 Å². The van der Waals surface area contributed by atoms with Gasteiger partial charge >= 0.3 is 0 Å². The number of benzene rings is 2. The lowest BCUT2D eigenvalue weighted by molar-refractivity contribution is 0.0574. The van der Waals surface area contributed by atoms with Gasteiger partial charge in [0, 0.05) is 25.6 Å². The number of hydrogen-bond acceptors (Lipinski definition) is 5. The third kappa shape index (κ3) is 3.91. The number of hydrogen-bond donors (Lipinski definition) is 1. The Morgan fingerprint density at radius 3 is 2.66 bits per heavy atom. The SMILES string of the molecule is CCO[C@H]1Cc2ccccc2C1Nc1c(CC)nc(-c2ccc(OC)cc2C)n(C)c1=O. The van der Waals surface area contributed by atoms with Crippen molar-refractivity contribution >= 4 is 5.69 Å². The zero-order chi connectivity index (χ0) is 22.8. The summed E-state index contributed by atoms with van der Waals surface area (Å²) in [5.74, 6) is 1.44. The molecule has 168 valence electrons. The average molecular weight is 434 g/mol. The lowest BCUT2D eigenvalue weighted by atomic mass is 10.1. The molecule has 1 unspecified atom stereocenters. The van der Waals surface area contributed by atoms with Crippen LogP contribution in [0.2, 0.25) is 0 Å². The number of rotatable bonds is 7. The normalized spacial score (nSPS) is 17.3. The molecule has 2 aromatic carbocycles. The molecule has 0 radical (unpaired) electrons. The summed E-state index contributed by atoms with van der Waals surface area (Å²) in [6.07, 6.45) is 1.46. The zero-order valence-corrected chi connectivity index (χ0v) is 19.4. The predicted octanol–water partition coefficient (Wildman–Crippen LogP) is 4.44. The van der Waals surface area contributed by atoms with E-state index in [1.165, 1.54) is 11.1 Å². The fraction of sp³-hybridized carbons (Fsp3) is 0.385. The van der Waals surface area contributed by atoms with Crippen LogP contribution in [-0.2, 0) is 24.6 Å². The van der Waals surface area contributed by atoms with Crippen LogP contribution in [0.1, 0.15) is 42.3 Å². The Kier molecular flexibility index (Phi) is 6.33. The maximum atomic E-state index is 13.5. The van der Waals surface area contributed by atoms with Crippen molar-refractivity contribution in [2.24, 2.45) is 7.05 Å². The van der Waals surface area contributed by atoms with Gasteiger partial charge in [0.2, 0.25) is 0 Å². The number of anilines is 1. The number of aryl methyl sites for hydroxylation is 2. The molecule has 2 atom stereocenters. The highest BCUT2D eigenvalue weighted by atomic mass is 16.5. The Balaban J connectivity index is 1.78. The van der Waals surface area contributed by atoms with Gasteiger partial charge < -0.3 is 14.8 Å². The first-order chi connectivity index (χ1) is 15.5. The molecule has 0 amide bonds. The number of methoxy groups -OCH3 is 1. The maximum absolute atomic E-state index is 13.5. The summed E-state index contributed by atoms with van der Waals surface area (Å²) >= 11 is 0. The van der Waals surface area contributed by atoms with Crippen LogP contribution < -0.4 is 15.6 Å². The van der Waals surface area contributed by atoms with E-state index < -0.39 is 0 Å². The molecule has 0 fully saturated rings. The van der Waals surface area contributed by atoms with Gasteiger partial charge in [-0.2, -0.15) is 0 Å². The second-order valence-corrected chi connectivity index (χ2v) is 8.17. The molecule has 0 spiro atoms. The van der Waals surface area contributed by atoms with Crippen LogP contribution in [-0.4, -0.2) is 29.4 Å². The Bertz CT molecular complexity index is 1190. The fourth-order valence-electron chi connectivity index (χ4n) is 4.56. The van der Waals surface area contributed by atoms with E-state index in [2.05, 4.69) is 17.4 Å². The van der Waals surface area contributed by atoms with Gasteiger partial charge in [0.15, 0.2) is 0 Å². The van der Waals surface area contributed by atoms with Crippen molar-refractivity contribution in [1.29, 1.82) is 0 Å². The Hall–Kier alpha value is -3.12. The van der Waals surface area contributed by atoms with Crippen molar-refractivity contribution in [3.8, 4) is 17.1 Å². The van der Waals surface area contributed by atoms with Crippen LogP contribution in [0.5, 0.6) is 5.75 Å². The van der Waals surface area contributed by atoms with Crippen LogP contribution in [0.3, 0.4) is 0 Å². The Morgan fingerprint density at radius 2 is 1.97 bits per heavy atom. The first kappa shape index (κ1) is 22.1.